The quantitative estimate of drug-likeness (QED) is 0.401. The molecule has 0 radical (unpaired) electrons. The summed E-state index contributed by atoms with van der Waals surface area (Å²) in [5.74, 6) is 0.921. The van der Waals surface area contributed by atoms with E-state index in [4.69, 9.17) is 4.74 Å². The SMILES string of the molecule is CCCCCCOc1ccc(N=Cc2ccc(Br)s2)cc1. The molecule has 0 fully saturated rings. The monoisotopic (exact) mass is 365 g/mol. The van der Waals surface area contributed by atoms with E-state index >= 15 is 0 Å². The minimum Gasteiger partial charge on any atom is -0.494 e. The number of halogens is 1. The van der Waals surface area contributed by atoms with Crippen LogP contribution in [0.4, 0.5) is 5.69 Å². The van der Waals surface area contributed by atoms with Crippen molar-refractivity contribution >= 4 is 39.2 Å². The maximum Gasteiger partial charge on any atom is 0.119 e. The first kappa shape index (κ1) is 16.2. The Morgan fingerprint density at radius 3 is 2.57 bits per heavy atom. The molecule has 0 bridgehead atoms. The Morgan fingerprint density at radius 1 is 1.10 bits per heavy atom. The van der Waals surface area contributed by atoms with Gasteiger partial charge >= 0.3 is 0 Å². The molecule has 21 heavy (non-hydrogen) atoms. The van der Waals surface area contributed by atoms with Gasteiger partial charge in [0.1, 0.15) is 5.75 Å². The Morgan fingerprint density at radius 2 is 1.90 bits per heavy atom. The lowest BCUT2D eigenvalue weighted by atomic mass is 10.2. The van der Waals surface area contributed by atoms with Crippen LogP contribution in [-0.4, -0.2) is 12.8 Å². The molecule has 0 aliphatic heterocycles. The predicted octanol–water partition coefficient (Wildman–Crippen LogP) is 6.22. The maximum atomic E-state index is 5.72. The molecule has 0 aliphatic rings. The minimum absolute atomic E-state index is 0.797. The van der Waals surface area contributed by atoms with Gasteiger partial charge in [-0.3, -0.25) is 4.99 Å². The Hall–Kier alpha value is -1.13. The van der Waals surface area contributed by atoms with Gasteiger partial charge < -0.3 is 4.74 Å². The van der Waals surface area contributed by atoms with E-state index in [1.807, 2.05) is 42.6 Å². The van der Waals surface area contributed by atoms with Crippen molar-refractivity contribution < 1.29 is 4.74 Å². The lowest BCUT2D eigenvalue weighted by molar-refractivity contribution is 0.305. The summed E-state index contributed by atoms with van der Waals surface area (Å²) in [6.45, 7) is 3.01. The zero-order valence-corrected chi connectivity index (χ0v) is 14.6. The van der Waals surface area contributed by atoms with Crippen LogP contribution in [-0.2, 0) is 0 Å². The number of thiophene rings is 1. The second-order valence-corrected chi connectivity index (χ2v) is 7.30. The molecule has 0 saturated carbocycles. The first-order valence-corrected chi connectivity index (χ1v) is 8.91. The summed E-state index contributed by atoms with van der Waals surface area (Å²) < 4.78 is 6.84. The highest BCUT2D eigenvalue weighted by molar-refractivity contribution is 9.11. The Labute approximate surface area is 139 Å². The smallest absolute Gasteiger partial charge is 0.119 e. The van der Waals surface area contributed by atoms with Crippen molar-refractivity contribution in [1.29, 1.82) is 0 Å². The predicted molar refractivity (Wildman–Crippen MR) is 95.4 cm³/mol. The molecule has 2 rings (SSSR count). The van der Waals surface area contributed by atoms with E-state index in [1.54, 1.807) is 11.3 Å². The van der Waals surface area contributed by atoms with Gasteiger partial charge in [-0.15, -0.1) is 11.3 Å². The number of benzene rings is 1. The Balaban J connectivity index is 1.80. The fourth-order valence-corrected chi connectivity index (χ4v) is 3.18. The summed E-state index contributed by atoms with van der Waals surface area (Å²) in [5.41, 5.74) is 0.942. The van der Waals surface area contributed by atoms with Crippen molar-refractivity contribution in [3.63, 3.8) is 0 Å². The van der Waals surface area contributed by atoms with E-state index in [9.17, 15) is 0 Å². The molecule has 4 heteroatoms. The second-order valence-electron chi connectivity index (χ2n) is 4.80. The Bertz CT molecular complexity index is 562. The fourth-order valence-electron chi connectivity index (χ4n) is 1.88. The third kappa shape index (κ3) is 6.02. The second kappa shape index (κ2) is 9.00. The van der Waals surface area contributed by atoms with Gasteiger partial charge in [-0.25, -0.2) is 0 Å². The summed E-state index contributed by atoms with van der Waals surface area (Å²) in [4.78, 5) is 5.60. The van der Waals surface area contributed by atoms with Crippen LogP contribution in [0.1, 0.15) is 37.5 Å². The van der Waals surface area contributed by atoms with E-state index in [2.05, 4.69) is 27.8 Å². The van der Waals surface area contributed by atoms with Crippen molar-refractivity contribution in [1.82, 2.24) is 0 Å². The van der Waals surface area contributed by atoms with Gasteiger partial charge in [0.25, 0.3) is 0 Å². The van der Waals surface area contributed by atoms with Crippen LogP contribution < -0.4 is 4.74 Å². The normalized spacial score (nSPS) is 11.1. The maximum absolute atomic E-state index is 5.72. The van der Waals surface area contributed by atoms with Gasteiger partial charge in [-0.05, 0) is 58.7 Å². The standard InChI is InChI=1S/C17H20BrNOS/c1-2-3-4-5-12-20-15-8-6-14(7-9-15)19-13-16-10-11-17(18)21-16/h6-11,13H,2-5,12H2,1H3. The van der Waals surface area contributed by atoms with E-state index in [0.29, 0.717) is 0 Å². The van der Waals surface area contributed by atoms with E-state index in [-0.39, 0.29) is 0 Å². The largest absolute Gasteiger partial charge is 0.494 e. The van der Waals surface area contributed by atoms with Crippen LogP contribution in [0.3, 0.4) is 0 Å². The van der Waals surface area contributed by atoms with Crippen molar-refractivity contribution in [3.8, 4) is 5.75 Å². The van der Waals surface area contributed by atoms with Crippen LogP contribution >= 0.6 is 27.3 Å². The highest BCUT2D eigenvalue weighted by Gasteiger charge is 1.96. The molecule has 1 aromatic heterocycles. The van der Waals surface area contributed by atoms with Crippen LogP contribution in [0.2, 0.25) is 0 Å². The molecular weight excluding hydrogens is 346 g/mol. The van der Waals surface area contributed by atoms with E-state index in [0.717, 1.165) is 33.1 Å². The topological polar surface area (TPSA) is 21.6 Å². The van der Waals surface area contributed by atoms with Crippen molar-refractivity contribution in [2.45, 2.75) is 32.6 Å². The molecule has 2 aromatic rings. The number of aliphatic imine (C=N–C) groups is 1. The molecule has 0 N–H and O–H groups in total. The number of rotatable bonds is 8. The summed E-state index contributed by atoms with van der Waals surface area (Å²) in [6, 6.07) is 12.0. The molecule has 1 heterocycles. The summed E-state index contributed by atoms with van der Waals surface area (Å²) in [7, 11) is 0. The molecule has 0 amide bonds. The lowest BCUT2D eigenvalue weighted by Crippen LogP contribution is -1.96. The average molecular weight is 366 g/mol. The number of unbranched alkanes of at least 4 members (excludes halogenated alkanes) is 3. The zero-order valence-electron chi connectivity index (χ0n) is 12.2. The third-order valence-electron chi connectivity index (χ3n) is 3.04. The average Bonchev–Trinajstić information content (AvgIpc) is 2.92. The number of ether oxygens (including phenoxy) is 1. The number of nitrogens with zero attached hydrogens (tertiary/aromatic N) is 1. The first-order valence-electron chi connectivity index (χ1n) is 7.30. The van der Waals surface area contributed by atoms with Gasteiger partial charge in [-0.2, -0.15) is 0 Å². The van der Waals surface area contributed by atoms with Gasteiger partial charge in [-0.1, -0.05) is 26.2 Å². The van der Waals surface area contributed by atoms with Crippen molar-refractivity contribution in [2.24, 2.45) is 4.99 Å². The molecule has 112 valence electrons. The van der Waals surface area contributed by atoms with Gasteiger partial charge in [0.2, 0.25) is 0 Å². The minimum atomic E-state index is 0.797. The van der Waals surface area contributed by atoms with E-state index in [1.165, 1.54) is 19.3 Å². The van der Waals surface area contributed by atoms with Crippen LogP contribution in [0.25, 0.3) is 0 Å². The molecule has 1 aromatic carbocycles. The Kier molecular flexibility index (Phi) is 6.96. The first-order chi connectivity index (χ1) is 10.3. The summed E-state index contributed by atoms with van der Waals surface area (Å²) in [5, 5.41) is 0. The van der Waals surface area contributed by atoms with Gasteiger partial charge in [0.05, 0.1) is 16.1 Å². The van der Waals surface area contributed by atoms with Crippen LogP contribution in [0.15, 0.2) is 45.2 Å². The fraction of sp³-hybridized carbons (Fsp3) is 0.353. The van der Waals surface area contributed by atoms with Crippen LogP contribution in [0.5, 0.6) is 5.75 Å². The summed E-state index contributed by atoms with van der Waals surface area (Å²) in [6.07, 6.45) is 6.80. The molecule has 0 spiro atoms. The molecule has 0 atom stereocenters. The molecule has 0 saturated heterocycles. The molecule has 0 aliphatic carbocycles. The molecule has 2 nitrogen and oxygen atoms in total. The lowest BCUT2D eigenvalue weighted by Gasteiger charge is -2.05. The van der Waals surface area contributed by atoms with E-state index < -0.39 is 0 Å². The van der Waals surface area contributed by atoms with Crippen molar-refractivity contribution in [3.05, 3.63) is 45.1 Å². The zero-order chi connectivity index (χ0) is 14.9. The molecule has 0 unspecified atom stereocenters. The third-order valence-corrected chi connectivity index (χ3v) is 4.60. The van der Waals surface area contributed by atoms with Gasteiger partial charge in [0.15, 0.2) is 0 Å². The number of hydrogen-bond acceptors (Lipinski definition) is 3. The van der Waals surface area contributed by atoms with Crippen molar-refractivity contribution in [2.75, 3.05) is 6.61 Å². The van der Waals surface area contributed by atoms with Crippen LogP contribution in [0, 0.1) is 0 Å². The highest BCUT2D eigenvalue weighted by Crippen LogP contribution is 2.22. The summed E-state index contributed by atoms with van der Waals surface area (Å²) >= 11 is 5.12. The molecular formula is C17H20BrNOS. The number of hydrogen-bond donors (Lipinski definition) is 0. The van der Waals surface area contributed by atoms with Gasteiger partial charge in [0, 0.05) is 11.1 Å². The highest BCUT2D eigenvalue weighted by atomic mass is 79.9.